The molecule has 5 heteroatoms. The van der Waals surface area contributed by atoms with Crippen molar-refractivity contribution in [2.24, 2.45) is 0 Å². The van der Waals surface area contributed by atoms with Crippen LogP contribution in [-0.4, -0.2) is 24.9 Å². The van der Waals surface area contributed by atoms with Crippen LogP contribution in [0.3, 0.4) is 0 Å². The van der Waals surface area contributed by atoms with E-state index in [0.717, 1.165) is 43.4 Å². The summed E-state index contributed by atoms with van der Waals surface area (Å²) >= 11 is 0. The Balaban J connectivity index is 1.66. The zero-order chi connectivity index (χ0) is 18.0. The third kappa shape index (κ3) is 1.90. The van der Waals surface area contributed by atoms with Gasteiger partial charge in [0, 0.05) is 17.6 Å². The molecule has 0 radical (unpaired) electrons. The summed E-state index contributed by atoms with van der Waals surface area (Å²) in [5.41, 5.74) is 2.87. The highest BCUT2D eigenvalue weighted by Crippen LogP contribution is 2.62. The molecule has 1 saturated heterocycles. The maximum atomic E-state index is 13.6. The van der Waals surface area contributed by atoms with Gasteiger partial charge in [-0.05, 0) is 56.4 Å². The third-order valence-corrected chi connectivity index (χ3v) is 8.69. The van der Waals surface area contributed by atoms with Gasteiger partial charge in [-0.1, -0.05) is 42.3 Å². The third-order valence-electron chi connectivity index (χ3n) is 6.74. The van der Waals surface area contributed by atoms with E-state index in [9.17, 15) is 8.42 Å². The molecule has 2 aliphatic heterocycles. The minimum atomic E-state index is -3.54. The number of hydrogen-bond acceptors (Lipinski definition) is 3. The highest BCUT2D eigenvalue weighted by atomic mass is 32.2. The Morgan fingerprint density at radius 3 is 2.50 bits per heavy atom. The van der Waals surface area contributed by atoms with E-state index in [1.165, 1.54) is 5.56 Å². The molecule has 2 aromatic carbocycles. The second-order valence-electron chi connectivity index (χ2n) is 7.96. The number of fused-ring (bicyclic) bond motifs is 1. The first kappa shape index (κ1) is 16.3. The average Bonchev–Trinajstić information content (AvgIpc) is 3.12. The van der Waals surface area contributed by atoms with Crippen LogP contribution in [0, 0.1) is 6.92 Å². The lowest BCUT2D eigenvalue weighted by Gasteiger charge is -2.48. The minimum absolute atomic E-state index is 0.0976. The highest BCUT2D eigenvalue weighted by molar-refractivity contribution is 7.89. The van der Waals surface area contributed by atoms with Crippen molar-refractivity contribution in [1.29, 1.82) is 0 Å². The first-order chi connectivity index (χ1) is 12.5. The fourth-order valence-corrected chi connectivity index (χ4v) is 7.35. The van der Waals surface area contributed by atoms with Crippen molar-refractivity contribution < 1.29 is 8.42 Å². The quantitative estimate of drug-likeness (QED) is 0.871. The molecule has 0 unspecified atom stereocenters. The fraction of sp³-hybridized carbons (Fsp3) is 0.429. The van der Waals surface area contributed by atoms with Crippen LogP contribution < -0.4 is 5.32 Å². The Hall–Kier alpha value is -1.85. The van der Waals surface area contributed by atoms with Gasteiger partial charge < -0.3 is 5.32 Å². The first-order valence-electron chi connectivity index (χ1n) is 9.47. The Morgan fingerprint density at radius 2 is 1.69 bits per heavy atom. The number of nitrogens with one attached hydrogen (secondary N) is 1. The molecule has 0 bridgehead atoms. The molecule has 1 N–H and O–H groups in total. The number of hydrogen-bond donors (Lipinski definition) is 1. The molecular weight excluding hydrogens is 344 g/mol. The molecule has 2 aromatic rings. The molecule has 1 saturated carbocycles. The van der Waals surface area contributed by atoms with Gasteiger partial charge in [0.05, 0.1) is 4.90 Å². The van der Waals surface area contributed by atoms with Crippen molar-refractivity contribution in [2.45, 2.75) is 55.0 Å². The monoisotopic (exact) mass is 368 g/mol. The zero-order valence-corrected chi connectivity index (χ0v) is 15.8. The van der Waals surface area contributed by atoms with Crippen LogP contribution in [0.15, 0.2) is 53.4 Å². The number of aryl methyl sites for hydroxylation is 1. The second kappa shape index (κ2) is 5.33. The molecule has 1 aliphatic carbocycles. The minimum Gasteiger partial charge on any atom is -0.365 e. The van der Waals surface area contributed by atoms with E-state index >= 15 is 0 Å². The SMILES string of the molecule is Cc1ccc(S(=O)(=O)N2CC[C@]34CCCC[C@]23Nc2ccccc24)cc1. The molecule has 2 atom stereocenters. The highest BCUT2D eigenvalue weighted by Gasteiger charge is 2.67. The Kier molecular flexibility index (Phi) is 3.35. The summed E-state index contributed by atoms with van der Waals surface area (Å²) in [7, 11) is -3.54. The van der Waals surface area contributed by atoms with E-state index in [1.54, 1.807) is 16.4 Å². The summed E-state index contributed by atoms with van der Waals surface area (Å²) < 4.78 is 28.9. The molecular formula is C21H24N2O2S. The predicted octanol–water partition coefficient (Wildman–Crippen LogP) is 4.02. The van der Waals surface area contributed by atoms with Crippen LogP contribution in [0.2, 0.25) is 0 Å². The van der Waals surface area contributed by atoms with Gasteiger partial charge in [0.15, 0.2) is 0 Å². The normalized spacial score (nSPS) is 30.3. The zero-order valence-electron chi connectivity index (χ0n) is 15.0. The molecule has 136 valence electrons. The van der Waals surface area contributed by atoms with Crippen LogP contribution in [-0.2, 0) is 15.4 Å². The lowest BCUT2D eigenvalue weighted by atomic mass is 9.65. The standard InChI is InChI=1S/C21H24N2O2S/c1-16-8-10-17(11-9-16)26(24,25)23-15-14-20-12-4-5-13-21(20,23)22-19-7-3-2-6-18(19)20/h2-3,6-11,22H,4-5,12-15H2,1H3/t20-,21-/m0/s1. The van der Waals surface area contributed by atoms with E-state index in [-0.39, 0.29) is 5.41 Å². The van der Waals surface area contributed by atoms with E-state index in [4.69, 9.17) is 0 Å². The van der Waals surface area contributed by atoms with E-state index in [2.05, 4.69) is 23.5 Å². The summed E-state index contributed by atoms with van der Waals surface area (Å²) in [6.07, 6.45) is 5.03. The largest absolute Gasteiger partial charge is 0.365 e. The van der Waals surface area contributed by atoms with Crippen LogP contribution in [0.4, 0.5) is 5.69 Å². The Bertz CT molecular complexity index is 970. The molecule has 2 heterocycles. The van der Waals surface area contributed by atoms with Crippen molar-refractivity contribution in [3.8, 4) is 0 Å². The molecule has 0 aromatic heterocycles. The van der Waals surface area contributed by atoms with Gasteiger partial charge in [0.25, 0.3) is 0 Å². The second-order valence-corrected chi connectivity index (χ2v) is 9.82. The van der Waals surface area contributed by atoms with Gasteiger partial charge in [0.1, 0.15) is 5.66 Å². The van der Waals surface area contributed by atoms with Crippen LogP contribution >= 0.6 is 0 Å². The summed E-state index contributed by atoms with van der Waals surface area (Å²) in [5, 5.41) is 3.69. The van der Waals surface area contributed by atoms with Crippen molar-refractivity contribution in [3.05, 3.63) is 59.7 Å². The number of benzene rings is 2. The van der Waals surface area contributed by atoms with E-state index in [0.29, 0.717) is 11.4 Å². The number of para-hydroxylation sites is 1. The van der Waals surface area contributed by atoms with E-state index in [1.807, 2.05) is 25.1 Å². The van der Waals surface area contributed by atoms with Crippen molar-refractivity contribution in [3.63, 3.8) is 0 Å². The van der Waals surface area contributed by atoms with Crippen molar-refractivity contribution in [2.75, 3.05) is 11.9 Å². The van der Waals surface area contributed by atoms with Gasteiger partial charge >= 0.3 is 0 Å². The predicted molar refractivity (Wildman–Crippen MR) is 103 cm³/mol. The smallest absolute Gasteiger partial charge is 0.245 e. The summed E-state index contributed by atoms with van der Waals surface area (Å²) in [6, 6.07) is 15.6. The summed E-state index contributed by atoms with van der Waals surface area (Å²) in [4.78, 5) is 0.400. The lowest BCUT2D eigenvalue weighted by molar-refractivity contribution is 0.136. The molecule has 5 rings (SSSR count). The molecule has 26 heavy (non-hydrogen) atoms. The first-order valence-corrected chi connectivity index (χ1v) is 10.9. The Labute approximate surface area is 155 Å². The maximum absolute atomic E-state index is 13.6. The number of sulfonamides is 1. The van der Waals surface area contributed by atoms with Gasteiger partial charge in [-0.2, -0.15) is 4.31 Å². The Morgan fingerprint density at radius 1 is 0.962 bits per heavy atom. The summed E-state index contributed by atoms with van der Waals surface area (Å²) in [6.45, 7) is 2.56. The van der Waals surface area contributed by atoms with Gasteiger partial charge in [-0.15, -0.1) is 0 Å². The van der Waals surface area contributed by atoms with Crippen LogP contribution in [0.25, 0.3) is 0 Å². The molecule has 0 amide bonds. The maximum Gasteiger partial charge on any atom is 0.245 e. The van der Waals surface area contributed by atoms with Gasteiger partial charge in [-0.25, -0.2) is 8.42 Å². The van der Waals surface area contributed by atoms with Crippen molar-refractivity contribution in [1.82, 2.24) is 4.31 Å². The molecule has 3 aliphatic rings. The van der Waals surface area contributed by atoms with Crippen molar-refractivity contribution >= 4 is 15.7 Å². The fourth-order valence-electron chi connectivity index (χ4n) is 5.56. The topological polar surface area (TPSA) is 49.4 Å². The molecule has 4 nitrogen and oxygen atoms in total. The number of rotatable bonds is 2. The van der Waals surface area contributed by atoms with E-state index < -0.39 is 15.7 Å². The number of anilines is 1. The van der Waals surface area contributed by atoms with Gasteiger partial charge in [-0.3, -0.25) is 0 Å². The lowest BCUT2D eigenvalue weighted by Crippen LogP contribution is -2.60. The molecule has 0 spiro atoms. The van der Waals surface area contributed by atoms with Crippen LogP contribution in [0.1, 0.15) is 43.2 Å². The average molecular weight is 369 g/mol. The molecule has 2 fully saturated rings. The summed E-state index contributed by atoms with van der Waals surface area (Å²) in [5.74, 6) is 0. The van der Waals surface area contributed by atoms with Gasteiger partial charge in [0.2, 0.25) is 10.0 Å². The van der Waals surface area contributed by atoms with Crippen LogP contribution in [0.5, 0.6) is 0 Å². The number of nitrogens with zero attached hydrogens (tertiary/aromatic N) is 1.